The van der Waals surface area contributed by atoms with Crippen molar-refractivity contribution < 1.29 is 8.78 Å². The van der Waals surface area contributed by atoms with Crippen molar-refractivity contribution in [3.05, 3.63) is 33.8 Å². The van der Waals surface area contributed by atoms with Gasteiger partial charge < -0.3 is 0 Å². The summed E-state index contributed by atoms with van der Waals surface area (Å²) in [5.74, 6) is -0.346. The topological polar surface area (TPSA) is 0 Å². The van der Waals surface area contributed by atoms with Gasteiger partial charge >= 0.3 is 0 Å². The molecule has 1 aromatic rings. The molecule has 0 spiro atoms. The number of benzene rings is 1. The van der Waals surface area contributed by atoms with E-state index in [1.807, 2.05) is 0 Å². The predicted octanol–water partition coefficient (Wildman–Crippen LogP) is 6.37. The Kier molecular flexibility index (Phi) is 5.64. The summed E-state index contributed by atoms with van der Waals surface area (Å²) in [6.45, 7) is 0. The Balaban J connectivity index is 2.06. The molecule has 1 aliphatic carbocycles. The number of halogens is 4. The van der Waals surface area contributed by atoms with Crippen molar-refractivity contribution in [1.29, 1.82) is 0 Å². The van der Waals surface area contributed by atoms with Gasteiger partial charge in [-0.15, -0.1) is 11.6 Å². The van der Waals surface area contributed by atoms with Gasteiger partial charge in [-0.2, -0.15) is 0 Å². The molecule has 4 heteroatoms. The number of alkyl halides is 1. The minimum atomic E-state index is -0.456. The summed E-state index contributed by atoms with van der Waals surface area (Å²) in [5.41, 5.74) is 0.284. The Morgan fingerprint density at radius 1 is 1.11 bits per heavy atom. The van der Waals surface area contributed by atoms with Crippen molar-refractivity contribution >= 4 is 27.5 Å². The second kappa shape index (κ2) is 7.03. The molecule has 0 amide bonds. The fourth-order valence-electron chi connectivity index (χ4n) is 2.80. The molecule has 1 unspecified atom stereocenters. The van der Waals surface area contributed by atoms with E-state index < -0.39 is 17.0 Å². The van der Waals surface area contributed by atoms with Gasteiger partial charge in [-0.25, -0.2) is 8.78 Å². The fourth-order valence-corrected chi connectivity index (χ4v) is 3.53. The summed E-state index contributed by atoms with van der Waals surface area (Å²) in [7, 11) is 0. The van der Waals surface area contributed by atoms with Gasteiger partial charge in [-0.05, 0) is 40.4 Å². The first-order valence-electron chi connectivity index (χ1n) is 6.86. The molecule has 106 valence electrons. The molecule has 1 atom stereocenters. The van der Waals surface area contributed by atoms with E-state index in [1.54, 1.807) is 0 Å². The van der Waals surface area contributed by atoms with Crippen LogP contribution in [-0.2, 0) is 0 Å². The molecule has 0 aliphatic heterocycles. The van der Waals surface area contributed by atoms with Crippen molar-refractivity contribution in [2.45, 2.75) is 50.3 Å². The number of hydrogen-bond acceptors (Lipinski definition) is 0. The van der Waals surface area contributed by atoms with Gasteiger partial charge in [0.2, 0.25) is 0 Å². The lowest BCUT2D eigenvalue weighted by atomic mass is 9.92. The monoisotopic (exact) mass is 350 g/mol. The van der Waals surface area contributed by atoms with Crippen molar-refractivity contribution in [3.8, 4) is 0 Å². The fraction of sp³-hybridized carbons (Fsp3) is 0.600. The van der Waals surface area contributed by atoms with Gasteiger partial charge in [-0.1, -0.05) is 38.5 Å². The van der Waals surface area contributed by atoms with E-state index in [-0.39, 0.29) is 10.0 Å². The second-order valence-electron chi connectivity index (χ2n) is 5.35. The van der Waals surface area contributed by atoms with Gasteiger partial charge in [0.15, 0.2) is 0 Å². The Morgan fingerprint density at radius 3 is 2.37 bits per heavy atom. The van der Waals surface area contributed by atoms with E-state index in [9.17, 15) is 8.78 Å². The minimum Gasteiger partial charge on any atom is -0.207 e. The quantitative estimate of drug-likeness (QED) is 0.337. The van der Waals surface area contributed by atoms with E-state index in [1.165, 1.54) is 31.7 Å². The Bertz CT molecular complexity index is 428. The van der Waals surface area contributed by atoms with Gasteiger partial charge in [0.05, 0.1) is 9.85 Å². The van der Waals surface area contributed by atoms with Crippen molar-refractivity contribution in [2.75, 3.05) is 0 Å². The van der Waals surface area contributed by atoms with Gasteiger partial charge in [0.25, 0.3) is 0 Å². The molecule has 1 fully saturated rings. The summed E-state index contributed by atoms with van der Waals surface area (Å²) in [4.78, 5) is 0. The molecule has 1 aromatic carbocycles. The molecule has 0 bridgehead atoms. The highest BCUT2D eigenvalue weighted by Crippen LogP contribution is 2.36. The highest BCUT2D eigenvalue weighted by molar-refractivity contribution is 9.10. The van der Waals surface area contributed by atoms with Crippen molar-refractivity contribution in [2.24, 2.45) is 5.92 Å². The van der Waals surface area contributed by atoms with Crippen LogP contribution < -0.4 is 0 Å². The molecule has 19 heavy (non-hydrogen) atoms. The lowest BCUT2D eigenvalue weighted by Crippen LogP contribution is -2.05. The van der Waals surface area contributed by atoms with E-state index in [0.717, 1.165) is 25.3 Å². The first-order chi connectivity index (χ1) is 9.08. The maximum absolute atomic E-state index is 13.8. The Morgan fingerprint density at radius 2 is 1.74 bits per heavy atom. The van der Waals surface area contributed by atoms with Crippen molar-refractivity contribution in [1.82, 2.24) is 0 Å². The van der Waals surface area contributed by atoms with E-state index in [2.05, 4.69) is 15.9 Å². The largest absolute Gasteiger partial charge is 0.207 e. The summed E-state index contributed by atoms with van der Waals surface area (Å²) in [6.07, 6.45) is 8.07. The molecular formula is C15H18BrClF2. The van der Waals surface area contributed by atoms with Crippen LogP contribution in [0.25, 0.3) is 0 Å². The lowest BCUT2D eigenvalue weighted by molar-refractivity contribution is 0.418. The molecule has 0 saturated heterocycles. The van der Waals surface area contributed by atoms with Crippen molar-refractivity contribution in [3.63, 3.8) is 0 Å². The van der Waals surface area contributed by atoms with Gasteiger partial charge in [-0.3, -0.25) is 0 Å². The van der Waals surface area contributed by atoms with Crippen LogP contribution in [0.5, 0.6) is 0 Å². The average molecular weight is 352 g/mol. The first-order valence-corrected chi connectivity index (χ1v) is 8.09. The Labute approximate surface area is 126 Å². The normalized spacial score (nSPS) is 19.2. The first kappa shape index (κ1) is 15.2. The highest BCUT2D eigenvalue weighted by atomic mass is 79.9. The summed E-state index contributed by atoms with van der Waals surface area (Å²) in [6, 6.07) is 2.38. The molecule has 0 N–H and O–H groups in total. The molecule has 2 rings (SSSR count). The molecule has 1 aliphatic rings. The lowest BCUT2D eigenvalue weighted by Gasteiger charge is -2.18. The summed E-state index contributed by atoms with van der Waals surface area (Å²) in [5, 5.41) is -0.439. The smallest absolute Gasteiger partial charge is 0.137 e. The summed E-state index contributed by atoms with van der Waals surface area (Å²) < 4.78 is 27.5. The third-order valence-corrected chi connectivity index (χ3v) is 4.91. The average Bonchev–Trinajstić information content (AvgIpc) is 2.62. The number of rotatable bonds is 3. The van der Waals surface area contributed by atoms with Crippen LogP contribution in [0.15, 0.2) is 16.6 Å². The van der Waals surface area contributed by atoms with Crippen LogP contribution in [0, 0.1) is 17.6 Å². The molecule has 1 saturated carbocycles. The molecule has 0 heterocycles. The SMILES string of the molecule is Fc1cc(C(Cl)CC2CCCCCC2)c(F)cc1Br. The molecule has 0 radical (unpaired) electrons. The number of hydrogen-bond donors (Lipinski definition) is 0. The zero-order chi connectivity index (χ0) is 13.8. The maximum atomic E-state index is 13.8. The minimum absolute atomic E-state index is 0.145. The van der Waals surface area contributed by atoms with Crippen LogP contribution in [-0.4, -0.2) is 0 Å². The molecule has 0 aromatic heterocycles. The van der Waals surface area contributed by atoms with Crippen LogP contribution >= 0.6 is 27.5 Å². The van der Waals surface area contributed by atoms with Crippen LogP contribution in [0.4, 0.5) is 8.78 Å². The van der Waals surface area contributed by atoms with Gasteiger partial charge in [0.1, 0.15) is 11.6 Å². The zero-order valence-corrected chi connectivity index (χ0v) is 13.1. The third kappa shape index (κ3) is 4.16. The standard InChI is InChI=1S/C15H18BrClF2/c16-12-9-14(18)11(8-15(12)19)13(17)7-10-5-3-1-2-4-6-10/h8-10,13H,1-7H2. The van der Waals surface area contributed by atoms with E-state index in [0.29, 0.717) is 5.92 Å². The Hall–Kier alpha value is -0.150. The van der Waals surface area contributed by atoms with Crippen LogP contribution in [0.3, 0.4) is 0 Å². The second-order valence-corrected chi connectivity index (χ2v) is 6.73. The van der Waals surface area contributed by atoms with E-state index >= 15 is 0 Å². The maximum Gasteiger partial charge on any atom is 0.137 e. The third-order valence-electron chi connectivity index (χ3n) is 3.89. The summed E-state index contributed by atoms with van der Waals surface area (Å²) >= 11 is 9.28. The zero-order valence-electron chi connectivity index (χ0n) is 10.8. The molecule has 0 nitrogen and oxygen atoms in total. The van der Waals surface area contributed by atoms with Crippen LogP contribution in [0.1, 0.15) is 55.9 Å². The highest BCUT2D eigenvalue weighted by Gasteiger charge is 2.21. The van der Waals surface area contributed by atoms with Gasteiger partial charge in [0, 0.05) is 5.56 Å². The van der Waals surface area contributed by atoms with Crippen LogP contribution in [0.2, 0.25) is 0 Å². The van der Waals surface area contributed by atoms with E-state index in [4.69, 9.17) is 11.6 Å². The predicted molar refractivity (Wildman–Crippen MR) is 78.5 cm³/mol. The molecular weight excluding hydrogens is 334 g/mol.